The van der Waals surface area contributed by atoms with Crippen molar-refractivity contribution in [3.05, 3.63) is 16.1 Å². The molecule has 1 fully saturated rings. The number of amides is 2. The Morgan fingerprint density at radius 3 is 2.42 bits per heavy atom. The Balaban J connectivity index is 2.48. The number of piperidine rings is 1. The third-order valence-electron chi connectivity index (χ3n) is 7.90. The number of carboxylic acid groups (broad SMARTS) is 1. The van der Waals surface area contributed by atoms with Crippen LogP contribution < -0.4 is 5.32 Å². The lowest BCUT2D eigenvalue weighted by molar-refractivity contribution is -0.160. The third-order valence-corrected chi connectivity index (χ3v) is 8.84. The minimum absolute atomic E-state index is 0.0768. The van der Waals surface area contributed by atoms with Gasteiger partial charge in [0.05, 0.1) is 6.04 Å². The molecule has 1 aromatic rings. The van der Waals surface area contributed by atoms with Gasteiger partial charge in [-0.25, -0.2) is 9.78 Å². The number of nitrogens with one attached hydrogen (secondary N) is 1. The van der Waals surface area contributed by atoms with Crippen LogP contribution in [0.1, 0.15) is 108 Å². The highest BCUT2D eigenvalue weighted by Crippen LogP contribution is 2.31. The summed E-state index contributed by atoms with van der Waals surface area (Å²) in [4.78, 5) is 71.4. The highest BCUT2D eigenvalue weighted by molar-refractivity contribution is 7.09. The normalized spacial score (nSPS) is 18.3. The van der Waals surface area contributed by atoms with Crippen LogP contribution in [0.5, 0.6) is 0 Å². The van der Waals surface area contributed by atoms with E-state index in [0.29, 0.717) is 19.3 Å². The van der Waals surface area contributed by atoms with Crippen molar-refractivity contribution in [3.8, 4) is 0 Å². The molecule has 0 saturated carbocycles. The number of ether oxygens (including phenoxy) is 2. The molecule has 2 rings (SSSR count). The maximum atomic E-state index is 14.4. The van der Waals surface area contributed by atoms with E-state index in [-0.39, 0.29) is 54.1 Å². The smallest absolute Gasteiger partial charge is 0.355 e. The summed E-state index contributed by atoms with van der Waals surface area (Å²) in [5.41, 5.74) is -0.174. The van der Waals surface area contributed by atoms with Gasteiger partial charge in [-0.1, -0.05) is 47.5 Å². The number of carbonyl (C=O) groups excluding carboxylic acids is 4. The number of thiazole rings is 1. The summed E-state index contributed by atoms with van der Waals surface area (Å²) in [6, 6.07) is -1.85. The maximum Gasteiger partial charge on any atom is 0.355 e. The van der Waals surface area contributed by atoms with Gasteiger partial charge in [-0.3, -0.25) is 24.1 Å². The van der Waals surface area contributed by atoms with Crippen molar-refractivity contribution in [1.82, 2.24) is 20.1 Å². The fraction of sp³-hybridized carbons (Fsp3) is 0.733. The Bertz CT molecular complexity index is 1110. The lowest BCUT2D eigenvalue weighted by Gasteiger charge is -2.39. The van der Waals surface area contributed by atoms with E-state index in [0.717, 1.165) is 30.7 Å². The van der Waals surface area contributed by atoms with Gasteiger partial charge >= 0.3 is 17.9 Å². The first-order valence-electron chi connectivity index (χ1n) is 15.1. The van der Waals surface area contributed by atoms with Crippen LogP contribution in [0.4, 0.5) is 0 Å². The standard InChI is InChI=1S/C30H48N4O8S/c1-8-12-25(36)41-17-34(29(38)26(19(5)9-2)32-27(37)22-13-10-11-14-33(22)7)23(18(3)4)15-24(42-20(6)35)28-31-21(16-43-28)30(39)40/h16,18-19,22-24,26H,8-15,17H2,1-7H3,(H,32,37)(H,39,40)/t19?,22-,23-,24-,26?/m1/s1. The van der Waals surface area contributed by atoms with Gasteiger partial charge < -0.3 is 24.8 Å². The van der Waals surface area contributed by atoms with E-state index in [1.807, 2.05) is 46.6 Å². The maximum absolute atomic E-state index is 14.4. The third kappa shape index (κ3) is 10.6. The largest absolute Gasteiger partial charge is 0.476 e. The van der Waals surface area contributed by atoms with Crippen molar-refractivity contribution >= 4 is 41.1 Å². The van der Waals surface area contributed by atoms with Crippen LogP contribution in [-0.4, -0.2) is 88.1 Å². The van der Waals surface area contributed by atoms with Gasteiger partial charge in [-0.05, 0) is 44.7 Å². The summed E-state index contributed by atoms with van der Waals surface area (Å²) in [7, 11) is 1.90. The van der Waals surface area contributed by atoms with Gasteiger partial charge in [0, 0.05) is 31.2 Å². The van der Waals surface area contributed by atoms with Gasteiger partial charge in [0.2, 0.25) is 11.8 Å². The fourth-order valence-corrected chi connectivity index (χ4v) is 6.00. The van der Waals surface area contributed by atoms with Crippen LogP contribution in [0.3, 0.4) is 0 Å². The number of esters is 2. The molecule has 13 heteroatoms. The summed E-state index contributed by atoms with van der Waals surface area (Å²) in [5, 5.41) is 14.0. The van der Waals surface area contributed by atoms with Crippen molar-refractivity contribution in [1.29, 1.82) is 0 Å². The molecule has 2 unspecified atom stereocenters. The highest BCUT2D eigenvalue weighted by atomic mass is 32.1. The number of hydrogen-bond acceptors (Lipinski definition) is 10. The van der Waals surface area contributed by atoms with E-state index in [1.165, 1.54) is 17.2 Å². The molecule has 5 atom stereocenters. The predicted octanol–water partition coefficient (Wildman–Crippen LogP) is 4.00. The molecule has 43 heavy (non-hydrogen) atoms. The number of aromatic nitrogens is 1. The van der Waals surface area contributed by atoms with Crippen molar-refractivity contribution in [3.63, 3.8) is 0 Å². The number of nitrogens with zero attached hydrogens (tertiary/aromatic N) is 3. The number of carbonyl (C=O) groups is 5. The molecule has 1 aliphatic rings. The first-order valence-corrected chi connectivity index (χ1v) is 16.0. The van der Waals surface area contributed by atoms with E-state index < -0.39 is 42.0 Å². The number of carboxylic acids is 1. The van der Waals surface area contributed by atoms with Gasteiger partial charge in [0.1, 0.15) is 11.0 Å². The molecule has 12 nitrogen and oxygen atoms in total. The molecule has 2 amide bonds. The molecule has 1 saturated heterocycles. The second kappa shape index (κ2) is 17.3. The van der Waals surface area contributed by atoms with Crippen molar-refractivity contribution in [2.75, 3.05) is 20.3 Å². The molecule has 1 aromatic heterocycles. The molecule has 2 heterocycles. The average Bonchev–Trinajstić information content (AvgIpc) is 3.45. The molecule has 2 N–H and O–H groups in total. The number of hydrogen-bond donors (Lipinski definition) is 2. The average molecular weight is 625 g/mol. The first kappa shape index (κ1) is 36.1. The topological polar surface area (TPSA) is 155 Å². The van der Waals surface area contributed by atoms with Crippen LogP contribution in [-0.2, 0) is 28.7 Å². The van der Waals surface area contributed by atoms with Gasteiger partial charge in [-0.15, -0.1) is 11.3 Å². The molecule has 0 aliphatic carbocycles. The summed E-state index contributed by atoms with van der Waals surface area (Å²) in [6.45, 7) is 11.2. The number of likely N-dealkylation sites (tertiary alicyclic amines) is 1. The SMILES string of the molecule is CCCC(=O)OCN(C(=O)C(NC(=O)[C@H]1CCCCN1C)C(C)CC)[C@H](C[C@@H](OC(C)=O)c1nc(C(=O)O)cs1)C(C)C. The Hall–Kier alpha value is -3.06. The summed E-state index contributed by atoms with van der Waals surface area (Å²) >= 11 is 1.05. The van der Waals surface area contributed by atoms with Crippen LogP contribution in [0, 0.1) is 11.8 Å². The van der Waals surface area contributed by atoms with Crippen LogP contribution >= 0.6 is 11.3 Å². The van der Waals surface area contributed by atoms with E-state index in [9.17, 15) is 29.1 Å². The second-order valence-corrected chi connectivity index (χ2v) is 12.5. The van der Waals surface area contributed by atoms with Crippen molar-refractivity contribution < 1.29 is 38.6 Å². The van der Waals surface area contributed by atoms with Gasteiger partial charge in [-0.2, -0.15) is 0 Å². The van der Waals surface area contributed by atoms with Crippen LogP contribution in [0.25, 0.3) is 0 Å². The Kier molecular flexibility index (Phi) is 14.5. The van der Waals surface area contributed by atoms with Crippen LogP contribution in [0.15, 0.2) is 5.38 Å². The van der Waals surface area contributed by atoms with Gasteiger partial charge in [0.25, 0.3) is 0 Å². The molecule has 242 valence electrons. The lowest BCUT2D eigenvalue weighted by atomic mass is 9.92. The zero-order chi connectivity index (χ0) is 32.3. The zero-order valence-electron chi connectivity index (χ0n) is 26.5. The quantitative estimate of drug-likeness (QED) is 0.204. The van der Waals surface area contributed by atoms with Crippen LogP contribution in [0.2, 0.25) is 0 Å². The monoisotopic (exact) mass is 624 g/mol. The summed E-state index contributed by atoms with van der Waals surface area (Å²) in [5.74, 6) is -3.31. The lowest BCUT2D eigenvalue weighted by Crippen LogP contribution is -2.59. The number of likely N-dealkylation sites (N-methyl/N-ethyl adjacent to an activating group) is 1. The summed E-state index contributed by atoms with van der Waals surface area (Å²) in [6.07, 6.45) is 3.14. The Morgan fingerprint density at radius 1 is 1.19 bits per heavy atom. The Morgan fingerprint density at radius 2 is 1.88 bits per heavy atom. The summed E-state index contributed by atoms with van der Waals surface area (Å²) < 4.78 is 11.1. The van der Waals surface area contributed by atoms with E-state index in [4.69, 9.17) is 9.47 Å². The van der Waals surface area contributed by atoms with Crippen molar-refractivity contribution in [2.45, 2.75) is 111 Å². The zero-order valence-corrected chi connectivity index (χ0v) is 27.3. The molecule has 1 aliphatic heterocycles. The predicted molar refractivity (Wildman–Crippen MR) is 161 cm³/mol. The minimum atomic E-state index is -1.21. The molecule has 0 spiro atoms. The number of aromatic carboxylic acids is 1. The molecular weight excluding hydrogens is 576 g/mol. The number of rotatable bonds is 16. The van der Waals surface area contributed by atoms with E-state index in [1.54, 1.807) is 0 Å². The first-order chi connectivity index (χ1) is 20.3. The molecule has 0 radical (unpaired) electrons. The molecule has 0 bridgehead atoms. The molecule has 0 aromatic carbocycles. The second-order valence-electron chi connectivity index (χ2n) is 11.6. The molecular formula is C30H48N4O8S. The van der Waals surface area contributed by atoms with E-state index >= 15 is 0 Å². The van der Waals surface area contributed by atoms with Crippen molar-refractivity contribution in [2.24, 2.45) is 11.8 Å². The highest BCUT2D eigenvalue weighted by Gasteiger charge is 2.39. The van der Waals surface area contributed by atoms with E-state index in [2.05, 4.69) is 10.3 Å². The van der Waals surface area contributed by atoms with Gasteiger partial charge in [0.15, 0.2) is 18.5 Å². The Labute approximate surface area is 258 Å². The minimum Gasteiger partial charge on any atom is -0.476 e. The fourth-order valence-electron chi connectivity index (χ4n) is 5.17.